The summed E-state index contributed by atoms with van der Waals surface area (Å²) < 4.78 is 0. The molecule has 1 N–H and O–H groups in total. The largest absolute Gasteiger partial charge is 0.345 e. The fourth-order valence-electron chi connectivity index (χ4n) is 4.87. The molecule has 1 heterocycles. The minimum Gasteiger partial charge on any atom is -0.337 e. The van der Waals surface area contributed by atoms with Crippen molar-refractivity contribution < 1.29 is 9.59 Å². The summed E-state index contributed by atoms with van der Waals surface area (Å²) in [5.41, 5.74) is 2.39. The smallest absolute Gasteiger partial charge is 0.337 e. The van der Waals surface area contributed by atoms with Gasteiger partial charge in [-0.1, -0.05) is 68.0 Å². The number of β-lactam (4-membered cyclic amide) rings is 1. The van der Waals surface area contributed by atoms with Crippen molar-refractivity contribution in [3.05, 3.63) is 77.4 Å². The van der Waals surface area contributed by atoms with E-state index in [0.29, 0.717) is 28.5 Å². The van der Waals surface area contributed by atoms with Crippen LogP contribution in [-0.2, 0) is 11.3 Å². The van der Waals surface area contributed by atoms with Gasteiger partial charge in [0.15, 0.2) is 0 Å². The summed E-state index contributed by atoms with van der Waals surface area (Å²) in [5.74, 6) is 1.04. The fourth-order valence-corrected chi connectivity index (χ4v) is 5.10. The molecular formula is C29H36ClN3O2. The number of urea groups is 1. The highest BCUT2D eigenvalue weighted by molar-refractivity contribution is 6.32. The third-order valence-corrected chi connectivity index (χ3v) is 7.33. The summed E-state index contributed by atoms with van der Waals surface area (Å²) in [6, 6.07) is 5.07. The topological polar surface area (TPSA) is 61.8 Å². The van der Waals surface area contributed by atoms with Crippen molar-refractivity contribution in [2.45, 2.75) is 59.4 Å². The predicted molar refractivity (Wildman–Crippen MR) is 145 cm³/mol. The average Bonchev–Trinajstić information content (AvgIpc) is 2.84. The second-order valence-corrected chi connectivity index (χ2v) is 9.95. The molecule has 35 heavy (non-hydrogen) atoms. The van der Waals surface area contributed by atoms with Crippen molar-refractivity contribution in [3.8, 4) is 0 Å². The first-order valence-electron chi connectivity index (χ1n) is 12.4. The molecular weight excluding hydrogens is 458 g/mol. The Balaban J connectivity index is 1.58. The number of carbonyl (C=O) groups excluding carboxylic acids is 2. The number of halogens is 1. The van der Waals surface area contributed by atoms with E-state index in [1.54, 1.807) is 19.1 Å². The first-order chi connectivity index (χ1) is 16.8. The number of amides is 3. The molecule has 0 atom stereocenters. The lowest BCUT2D eigenvalue weighted by Gasteiger charge is -2.52. The molecule has 0 bridgehead atoms. The Hall–Kier alpha value is -2.92. The summed E-state index contributed by atoms with van der Waals surface area (Å²) in [4.78, 5) is 31.3. The summed E-state index contributed by atoms with van der Waals surface area (Å²) in [7, 11) is 0. The van der Waals surface area contributed by atoms with E-state index in [9.17, 15) is 9.59 Å². The summed E-state index contributed by atoms with van der Waals surface area (Å²) in [5, 5.41) is 3.19. The molecule has 1 aliphatic carbocycles. The molecule has 1 aromatic carbocycles. The third kappa shape index (κ3) is 6.82. The van der Waals surface area contributed by atoms with Crippen molar-refractivity contribution in [2.24, 2.45) is 16.3 Å². The number of hydrogen-bond donors (Lipinski definition) is 1. The Morgan fingerprint density at radius 1 is 1.26 bits per heavy atom. The quantitative estimate of drug-likeness (QED) is 0.238. The highest BCUT2D eigenvalue weighted by Crippen LogP contribution is 2.47. The summed E-state index contributed by atoms with van der Waals surface area (Å²) >= 11 is 6.39. The first kappa shape index (κ1) is 26.7. The van der Waals surface area contributed by atoms with Gasteiger partial charge >= 0.3 is 6.03 Å². The zero-order chi connectivity index (χ0) is 25.4. The van der Waals surface area contributed by atoms with Crippen LogP contribution in [0.3, 0.4) is 0 Å². The van der Waals surface area contributed by atoms with Crippen molar-refractivity contribution >= 4 is 34.9 Å². The van der Waals surface area contributed by atoms with Gasteiger partial charge in [0, 0.05) is 35.1 Å². The maximum Gasteiger partial charge on any atom is 0.345 e. The Labute approximate surface area is 214 Å². The van der Waals surface area contributed by atoms with Crippen LogP contribution < -0.4 is 5.32 Å². The van der Waals surface area contributed by atoms with Crippen LogP contribution in [-0.4, -0.2) is 29.1 Å². The summed E-state index contributed by atoms with van der Waals surface area (Å²) in [6.07, 6.45) is 16.7. The van der Waals surface area contributed by atoms with Gasteiger partial charge in [0.1, 0.15) is 0 Å². The monoisotopic (exact) mass is 493 g/mol. The van der Waals surface area contributed by atoms with E-state index in [4.69, 9.17) is 11.6 Å². The maximum absolute atomic E-state index is 13.0. The average molecular weight is 494 g/mol. The zero-order valence-electron chi connectivity index (χ0n) is 21.0. The van der Waals surface area contributed by atoms with Crippen LogP contribution in [0, 0.1) is 11.3 Å². The molecule has 1 spiro atoms. The van der Waals surface area contributed by atoms with Gasteiger partial charge in [0.05, 0.1) is 5.41 Å². The van der Waals surface area contributed by atoms with E-state index < -0.39 is 6.03 Å². The number of carbonyl (C=O) groups is 2. The van der Waals surface area contributed by atoms with Crippen LogP contribution in [0.1, 0.15) is 64.0 Å². The number of allylic oxidation sites excluding steroid dienone is 6. The number of aliphatic imine (C=N–C) groups is 1. The molecule has 2 aliphatic rings. The second kappa shape index (κ2) is 12.2. The minimum absolute atomic E-state index is 0.134. The van der Waals surface area contributed by atoms with Crippen molar-refractivity contribution in [2.75, 3.05) is 6.54 Å². The van der Waals surface area contributed by atoms with Crippen LogP contribution >= 0.6 is 11.6 Å². The lowest BCUT2D eigenvalue weighted by atomic mass is 9.65. The maximum atomic E-state index is 13.0. The number of benzene rings is 1. The van der Waals surface area contributed by atoms with E-state index in [-0.39, 0.29) is 11.3 Å². The second-order valence-electron chi connectivity index (χ2n) is 9.54. The van der Waals surface area contributed by atoms with Gasteiger partial charge in [-0.3, -0.25) is 4.79 Å². The Morgan fingerprint density at radius 2 is 1.97 bits per heavy atom. The molecule has 1 aromatic rings. The van der Waals surface area contributed by atoms with E-state index >= 15 is 0 Å². The van der Waals surface area contributed by atoms with Crippen LogP contribution in [0.15, 0.2) is 66.2 Å². The normalized spacial score (nSPS) is 23.0. The molecule has 1 aliphatic heterocycles. The number of rotatable bonds is 8. The predicted octanol–water partition coefficient (Wildman–Crippen LogP) is 7.10. The highest BCUT2D eigenvalue weighted by atomic mass is 35.5. The molecule has 0 aromatic heterocycles. The van der Waals surface area contributed by atoms with Gasteiger partial charge < -0.3 is 10.2 Å². The van der Waals surface area contributed by atoms with E-state index in [1.807, 2.05) is 54.3 Å². The van der Waals surface area contributed by atoms with Gasteiger partial charge in [-0.05, 0) is 69.2 Å². The standard InChI is InChI=1S/C29H36ClN3O2/c1-5-7-8-9-10-11-21(3)31-28(35)32-22(4)25-18-24(12-13-26(25)30)19-33-20-29(27(33)34)16-14-23(6-2)15-17-29/h5,7-13,18,23H,4,6,14-17,19-20H2,1-3H3,(H,32,35)/b7-5-,9-8-,11-10+,31-21+. The molecule has 2 fully saturated rings. The molecule has 6 heteroatoms. The highest BCUT2D eigenvalue weighted by Gasteiger charge is 2.52. The lowest BCUT2D eigenvalue weighted by Crippen LogP contribution is -2.61. The molecule has 186 valence electrons. The first-order valence-corrected chi connectivity index (χ1v) is 12.7. The molecule has 0 radical (unpaired) electrons. The van der Waals surface area contributed by atoms with E-state index in [2.05, 4.69) is 23.8 Å². The molecule has 1 saturated heterocycles. The molecule has 1 saturated carbocycles. The van der Waals surface area contributed by atoms with Crippen molar-refractivity contribution in [1.29, 1.82) is 0 Å². The Bertz CT molecular complexity index is 1080. The Morgan fingerprint density at radius 3 is 2.63 bits per heavy atom. The number of nitrogens with one attached hydrogen (secondary N) is 1. The van der Waals surface area contributed by atoms with Crippen molar-refractivity contribution in [1.82, 2.24) is 10.2 Å². The van der Waals surface area contributed by atoms with Gasteiger partial charge in [0.2, 0.25) is 5.91 Å². The van der Waals surface area contributed by atoms with Crippen LogP contribution in [0.4, 0.5) is 4.79 Å². The third-order valence-electron chi connectivity index (χ3n) is 7.00. The summed E-state index contributed by atoms with van der Waals surface area (Å²) in [6.45, 7) is 11.3. The molecule has 0 unspecified atom stereocenters. The van der Waals surface area contributed by atoms with E-state index in [1.165, 1.54) is 6.42 Å². The van der Waals surface area contributed by atoms with Crippen molar-refractivity contribution in [3.63, 3.8) is 0 Å². The van der Waals surface area contributed by atoms with Crippen LogP contribution in [0.25, 0.3) is 5.70 Å². The minimum atomic E-state index is -0.515. The molecule has 3 rings (SSSR count). The van der Waals surface area contributed by atoms with Gasteiger partial charge in [0.25, 0.3) is 0 Å². The van der Waals surface area contributed by atoms with Gasteiger partial charge in [-0.15, -0.1) is 0 Å². The number of likely N-dealkylation sites (tertiary alicyclic amines) is 1. The SMILES string of the molecule is C=C(NC(=O)/N=C(C)/C=C/C=C\C=C/C)c1cc(CN2CC3(CCC(CC)CC3)C2=O)ccc1Cl. The molecule has 3 amide bonds. The fraction of sp³-hybridized carbons (Fsp3) is 0.414. The lowest BCUT2D eigenvalue weighted by molar-refractivity contribution is -0.165. The molecule has 5 nitrogen and oxygen atoms in total. The number of hydrogen-bond acceptors (Lipinski definition) is 2. The van der Waals surface area contributed by atoms with E-state index in [0.717, 1.165) is 43.7 Å². The Kier molecular flexibility index (Phi) is 9.27. The zero-order valence-corrected chi connectivity index (χ0v) is 21.8. The number of nitrogens with zero attached hydrogens (tertiary/aromatic N) is 2. The van der Waals surface area contributed by atoms with Crippen LogP contribution in [0.5, 0.6) is 0 Å². The van der Waals surface area contributed by atoms with Gasteiger partial charge in [-0.25, -0.2) is 4.79 Å². The van der Waals surface area contributed by atoms with Crippen LogP contribution in [0.2, 0.25) is 5.02 Å². The van der Waals surface area contributed by atoms with Gasteiger partial charge in [-0.2, -0.15) is 4.99 Å².